The topological polar surface area (TPSA) is 78.5 Å². The Morgan fingerprint density at radius 3 is 2.51 bits per heavy atom. The third-order valence-electron chi connectivity index (χ3n) is 15.3. The van der Waals surface area contributed by atoms with Crippen molar-refractivity contribution in [3.63, 3.8) is 0 Å². The first-order valence-electron chi connectivity index (χ1n) is 21.1. The van der Waals surface area contributed by atoms with E-state index in [0.29, 0.717) is 47.5 Å². The minimum atomic E-state index is -0.505. The van der Waals surface area contributed by atoms with Gasteiger partial charge in [0.2, 0.25) is 0 Å². The van der Waals surface area contributed by atoms with Crippen molar-refractivity contribution >= 4 is 16.7 Å². The number of hydrogen-bond acceptors (Lipinski definition) is 5. The molecule has 0 bridgehead atoms. The molecule has 2 aromatic carbocycles. The average Bonchev–Trinajstić information content (AvgIpc) is 3.52. The Morgan fingerprint density at radius 1 is 0.868 bits per heavy atom. The van der Waals surface area contributed by atoms with E-state index < -0.39 is 5.82 Å². The molecular formula is C45H61FN4O3. The molecule has 0 spiro atoms. The average molecular weight is 725 g/mol. The lowest BCUT2D eigenvalue weighted by Crippen LogP contribution is -2.53. The van der Waals surface area contributed by atoms with Crippen molar-refractivity contribution in [1.29, 1.82) is 0 Å². The van der Waals surface area contributed by atoms with Crippen LogP contribution in [0.2, 0.25) is 0 Å². The Morgan fingerprint density at radius 2 is 1.66 bits per heavy atom. The number of amides is 1. The number of ether oxygens (including phenoxy) is 1. The SMILES string of the molecule is C[C@]12CCCC[C@@H]1CC[C@@H]1[C@@H]2CC[C@]2(C)[C@@H](OCCCCCCN3CCN(C(=O)c4cc(Cc5n[nH]c(=O)c6ccccc56)ccc4F)CC3)CC[C@@H]12. The van der Waals surface area contributed by atoms with Crippen molar-refractivity contribution in [1.82, 2.24) is 20.0 Å². The van der Waals surface area contributed by atoms with Crippen molar-refractivity contribution < 1.29 is 13.9 Å². The molecule has 8 heteroatoms. The Kier molecular flexibility index (Phi) is 10.8. The summed E-state index contributed by atoms with van der Waals surface area (Å²) in [6.07, 6.45) is 19.9. The fourth-order valence-electron chi connectivity index (χ4n) is 12.2. The molecule has 53 heavy (non-hydrogen) atoms. The Balaban J connectivity index is 0.745. The number of unbranched alkanes of at least 4 members (excludes halogenated alkanes) is 3. The van der Waals surface area contributed by atoms with E-state index in [9.17, 15) is 14.0 Å². The zero-order chi connectivity index (χ0) is 36.6. The van der Waals surface area contributed by atoms with Gasteiger partial charge in [0.1, 0.15) is 5.82 Å². The number of benzene rings is 2. The molecule has 2 heterocycles. The number of nitrogens with zero attached hydrogens (tertiary/aromatic N) is 3. The van der Waals surface area contributed by atoms with Gasteiger partial charge >= 0.3 is 0 Å². The smallest absolute Gasteiger partial charge is 0.272 e. The summed E-state index contributed by atoms with van der Waals surface area (Å²) in [5, 5.41) is 8.15. The number of nitrogens with one attached hydrogen (secondary N) is 1. The first-order chi connectivity index (χ1) is 25.7. The van der Waals surface area contributed by atoms with E-state index in [4.69, 9.17) is 4.74 Å². The van der Waals surface area contributed by atoms with Crippen molar-refractivity contribution in [3.05, 3.63) is 75.5 Å². The third-order valence-corrected chi connectivity index (χ3v) is 15.3. The summed E-state index contributed by atoms with van der Waals surface area (Å²) in [6.45, 7) is 10.0. The molecule has 4 aliphatic carbocycles. The molecule has 0 radical (unpaired) electrons. The van der Waals surface area contributed by atoms with Crippen molar-refractivity contribution in [2.75, 3.05) is 39.3 Å². The molecule has 7 nitrogen and oxygen atoms in total. The maximum absolute atomic E-state index is 15.0. The molecule has 1 aromatic heterocycles. The predicted molar refractivity (Wildman–Crippen MR) is 208 cm³/mol. The number of carbonyl (C=O) groups excluding carboxylic acids is 1. The van der Waals surface area contributed by atoms with Gasteiger partial charge in [0.15, 0.2) is 0 Å². The van der Waals surface area contributed by atoms with Gasteiger partial charge in [0.25, 0.3) is 11.5 Å². The molecule has 7 atom stereocenters. The first-order valence-corrected chi connectivity index (χ1v) is 21.1. The number of aromatic nitrogens is 2. The predicted octanol–water partition coefficient (Wildman–Crippen LogP) is 8.79. The normalized spacial score (nSPS) is 31.6. The molecule has 4 saturated carbocycles. The lowest BCUT2D eigenvalue weighted by atomic mass is 9.45. The molecule has 1 saturated heterocycles. The van der Waals surface area contributed by atoms with Gasteiger partial charge in [0, 0.05) is 44.6 Å². The highest BCUT2D eigenvalue weighted by Crippen LogP contribution is 2.66. The van der Waals surface area contributed by atoms with Gasteiger partial charge in [-0.05, 0) is 129 Å². The number of aromatic amines is 1. The van der Waals surface area contributed by atoms with E-state index in [-0.39, 0.29) is 17.0 Å². The molecular weight excluding hydrogens is 664 g/mol. The second-order valence-electron chi connectivity index (χ2n) is 18.0. The van der Waals surface area contributed by atoms with Gasteiger partial charge in [0.05, 0.1) is 22.7 Å². The van der Waals surface area contributed by atoms with Crippen molar-refractivity contribution in [2.24, 2.45) is 34.5 Å². The van der Waals surface area contributed by atoms with Crippen LogP contribution in [0.1, 0.15) is 125 Å². The molecule has 5 aliphatic rings. The zero-order valence-corrected chi connectivity index (χ0v) is 32.2. The van der Waals surface area contributed by atoms with Gasteiger partial charge < -0.3 is 9.64 Å². The summed E-state index contributed by atoms with van der Waals surface area (Å²) in [7, 11) is 0. The molecule has 5 fully saturated rings. The summed E-state index contributed by atoms with van der Waals surface area (Å²) in [4.78, 5) is 29.9. The second kappa shape index (κ2) is 15.6. The molecule has 1 N–H and O–H groups in total. The number of carbonyl (C=O) groups is 1. The van der Waals surface area contributed by atoms with Crippen LogP contribution in [0.5, 0.6) is 0 Å². The summed E-state index contributed by atoms with van der Waals surface area (Å²) < 4.78 is 21.7. The van der Waals surface area contributed by atoms with E-state index in [0.717, 1.165) is 73.7 Å². The standard InChI is InChI=1S/C45H61FN4O3/c1-44-21-8-7-11-32(44)15-16-35-37-17-19-41(45(37,2)22-20-38(35)44)53-28-10-4-3-9-23-49-24-26-50(27-25-49)43(52)36-29-31(14-18-39(36)46)30-40-33-12-5-6-13-34(33)42(51)48-47-40/h5-6,12-14,18,29,32,35,37-38,41H,3-4,7-11,15-17,19-28,30H2,1-2H3,(H,48,51)/t32-,35+,37+,38+,41+,44+,45+/m1/s1. The number of rotatable bonds is 11. The minimum absolute atomic E-state index is 0.0996. The van der Waals surface area contributed by atoms with Crippen LogP contribution >= 0.6 is 0 Å². The van der Waals surface area contributed by atoms with Crippen LogP contribution < -0.4 is 5.56 Å². The van der Waals surface area contributed by atoms with Crippen LogP contribution in [0.15, 0.2) is 47.3 Å². The summed E-state index contributed by atoms with van der Waals surface area (Å²) in [6, 6.07) is 12.0. The highest BCUT2D eigenvalue weighted by Gasteiger charge is 2.60. The largest absolute Gasteiger partial charge is 0.378 e. The summed E-state index contributed by atoms with van der Waals surface area (Å²) >= 11 is 0. The fraction of sp³-hybridized carbons (Fsp3) is 0.667. The third kappa shape index (κ3) is 7.24. The van der Waals surface area contributed by atoms with Crippen LogP contribution in [-0.2, 0) is 11.2 Å². The maximum Gasteiger partial charge on any atom is 0.272 e. The Hall–Kier alpha value is -3.10. The van der Waals surface area contributed by atoms with Crippen LogP contribution in [-0.4, -0.2) is 71.3 Å². The first kappa shape index (κ1) is 36.9. The van der Waals surface area contributed by atoms with E-state index in [1.165, 1.54) is 83.1 Å². The Labute approximate surface area is 315 Å². The molecule has 3 aromatic rings. The van der Waals surface area contributed by atoms with E-state index >= 15 is 0 Å². The minimum Gasteiger partial charge on any atom is -0.378 e. The van der Waals surface area contributed by atoms with Gasteiger partial charge in [-0.2, -0.15) is 5.10 Å². The van der Waals surface area contributed by atoms with E-state index in [1.807, 2.05) is 18.2 Å². The van der Waals surface area contributed by atoms with Crippen LogP contribution in [0.25, 0.3) is 10.8 Å². The monoisotopic (exact) mass is 724 g/mol. The van der Waals surface area contributed by atoms with Gasteiger partial charge in [-0.25, -0.2) is 9.49 Å². The van der Waals surface area contributed by atoms with Crippen molar-refractivity contribution in [3.8, 4) is 0 Å². The molecule has 0 unspecified atom stereocenters. The van der Waals surface area contributed by atoms with Crippen LogP contribution in [0.3, 0.4) is 0 Å². The lowest BCUT2D eigenvalue weighted by molar-refractivity contribution is -0.130. The van der Waals surface area contributed by atoms with E-state index in [2.05, 4.69) is 28.9 Å². The molecule has 8 rings (SSSR count). The summed E-state index contributed by atoms with van der Waals surface area (Å²) in [5.74, 6) is 3.00. The number of H-pyrrole nitrogens is 1. The number of halogens is 1. The van der Waals surface area contributed by atoms with Gasteiger partial charge in [-0.3, -0.25) is 14.5 Å². The second-order valence-corrected chi connectivity index (χ2v) is 18.0. The Bertz CT molecular complexity index is 1820. The van der Waals surface area contributed by atoms with Crippen LogP contribution in [0, 0.1) is 40.3 Å². The zero-order valence-electron chi connectivity index (χ0n) is 32.2. The maximum atomic E-state index is 15.0. The van der Waals surface area contributed by atoms with E-state index in [1.54, 1.807) is 23.1 Å². The quantitative estimate of drug-likeness (QED) is 0.200. The molecule has 1 amide bonds. The number of fused-ring (bicyclic) bond motifs is 6. The van der Waals surface area contributed by atoms with Crippen molar-refractivity contribution in [2.45, 2.75) is 116 Å². The fourth-order valence-corrected chi connectivity index (χ4v) is 12.2. The molecule has 1 aliphatic heterocycles. The highest BCUT2D eigenvalue weighted by atomic mass is 19.1. The lowest BCUT2D eigenvalue weighted by Gasteiger charge is -2.60. The summed E-state index contributed by atoms with van der Waals surface area (Å²) in [5.41, 5.74) is 2.33. The van der Waals surface area contributed by atoms with Gasteiger partial charge in [-0.1, -0.05) is 63.8 Å². The number of piperazine rings is 1. The number of hydrogen-bond donors (Lipinski definition) is 1. The van der Waals surface area contributed by atoms with Crippen LogP contribution in [0.4, 0.5) is 4.39 Å². The highest BCUT2D eigenvalue weighted by molar-refractivity contribution is 5.95. The van der Waals surface area contributed by atoms with Gasteiger partial charge in [-0.15, -0.1) is 0 Å². The molecule has 286 valence electrons.